The van der Waals surface area contributed by atoms with Crippen molar-refractivity contribution in [2.75, 3.05) is 0 Å². The van der Waals surface area contributed by atoms with Gasteiger partial charge in [-0.25, -0.2) is 8.78 Å². The zero-order chi connectivity index (χ0) is 18.9. The lowest BCUT2D eigenvalue weighted by Gasteiger charge is -2.29. The Morgan fingerprint density at radius 3 is 2.04 bits per heavy atom. The van der Waals surface area contributed by atoms with Crippen LogP contribution in [0.2, 0.25) is 0 Å². The van der Waals surface area contributed by atoms with Crippen LogP contribution in [0, 0.1) is 11.7 Å². The molecule has 0 saturated heterocycles. The fourth-order valence-electron chi connectivity index (χ4n) is 4.31. The molecule has 0 unspecified atom stereocenters. The summed E-state index contributed by atoms with van der Waals surface area (Å²) in [5, 5.41) is 0. The molecular formula is C25H30F2. The van der Waals surface area contributed by atoms with Crippen LogP contribution in [0.25, 0.3) is 11.1 Å². The smallest absolute Gasteiger partial charge is 0.123 e. The summed E-state index contributed by atoms with van der Waals surface area (Å²) in [6, 6.07) is 15.5. The largest absolute Gasteiger partial charge is 0.216 e. The highest BCUT2D eigenvalue weighted by Gasteiger charge is 2.22. The van der Waals surface area contributed by atoms with Gasteiger partial charge in [-0.3, -0.25) is 0 Å². The van der Waals surface area contributed by atoms with Crippen LogP contribution in [0.3, 0.4) is 0 Å². The number of allylic oxidation sites excluding steroid dienone is 1. The second kappa shape index (κ2) is 10.4. The quantitative estimate of drug-likeness (QED) is 0.412. The van der Waals surface area contributed by atoms with Crippen LogP contribution in [0.4, 0.5) is 8.78 Å². The Morgan fingerprint density at radius 1 is 0.778 bits per heavy atom. The highest BCUT2D eigenvalue weighted by molar-refractivity contribution is 5.63. The number of hydrogen-bond acceptors (Lipinski definition) is 0. The predicted octanol–water partition coefficient (Wildman–Crippen LogP) is 8.20. The first-order chi connectivity index (χ1) is 13.3. The van der Waals surface area contributed by atoms with Crippen molar-refractivity contribution in [2.24, 2.45) is 5.92 Å². The van der Waals surface area contributed by atoms with E-state index in [1.165, 1.54) is 62.6 Å². The molecule has 0 bridgehead atoms. The Balaban J connectivity index is 1.43. The van der Waals surface area contributed by atoms with E-state index in [0.29, 0.717) is 12.2 Å². The molecule has 2 aromatic rings. The Labute approximate surface area is 162 Å². The summed E-state index contributed by atoms with van der Waals surface area (Å²) >= 11 is 0. The zero-order valence-electron chi connectivity index (χ0n) is 16.0. The SMILES string of the molecule is FC=CCCCCC[C@H]1CC[C@H](c2ccc(-c3ccc(F)cc3)cc2)CC1. The van der Waals surface area contributed by atoms with E-state index in [1.807, 2.05) is 12.1 Å². The van der Waals surface area contributed by atoms with Gasteiger partial charge in [0.05, 0.1) is 6.33 Å². The van der Waals surface area contributed by atoms with E-state index < -0.39 is 0 Å². The van der Waals surface area contributed by atoms with Crippen LogP contribution in [-0.2, 0) is 0 Å². The van der Waals surface area contributed by atoms with Gasteiger partial charge in [0.15, 0.2) is 0 Å². The summed E-state index contributed by atoms with van der Waals surface area (Å²) < 4.78 is 25.0. The van der Waals surface area contributed by atoms with Gasteiger partial charge >= 0.3 is 0 Å². The van der Waals surface area contributed by atoms with Crippen molar-refractivity contribution in [2.45, 2.75) is 63.7 Å². The lowest BCUT2D eigenvalue weighted by molar-refractivity contribution is 0.302. The first kappa shape index (κ1) is 19.8. The van der Waals surface area contributed by atoms with Crippen molar-refractivity contribution in [1.82, 2.24) is 0 Å². The monoisotopic (exact) mass is 368 g/mol. The molecule has 0 aliphatic heterocycles. The number of benzene rings is 2. The highest BCUT2D eigenvalue weighted by atomic mass is 19.1. The summed E-state index contributed by atoms with van der Waals surface area (Å²) in [5.74, 6) is 1.36. The van der Waals surface area contributed by atoms with Crippen molar-refractivity contribution in [3.8, 4) is 11.1 Å². The van der Waals surface area contributed by atoms with E-state index in [9.17, 15) is 8.78 Å². The fourth-order valence-corrected chi connectivity index (χ4v) is 4.31. The molecule has 0 aromatic heterocycles. The molecule has 1 aliphatic rings. The maximum atomic E-state index is 13.1. The van der Waals surface area contributed by atoms with Gasteiger partial charge in [-0.2, -0.15) is 0 Å². The maximum absolute atomic E-state index is 13.1. The third kappa shape index (κ3) is 6.02. The van der Waals surface area contributed by atoms with Crippen LogP contribution in [0.1, 0.15) is 69.3 Å². The van der Waals surface area contributed by atoms with Crippen molar-refractivity contribution in [3.05, 3.63) is 72.3 Å². The third-order valence-electron chi connectivity index (χ3n) is 5.98. The summed E-state index contributed by atoms with van der Waals surface area (Å²) in [6.07, 6.45) is 13.3. The summed E-state index contributed by atoms with van der Waals surface area (Å²) in [5.41, 5.74) is 3.65. The van der Waals surface area contributed by atoms with E-state index in [1.54, 1.807) is 6.08 Å². The molecule has 0 nitrogen and oxygen atoms in total. The number of hydrogen-bond donors (Lipinski definition) is 0. The minimum Gasteiger partial charge on any atom is -0.216 e. The van der Waals surface area contributed by atoms with Gasteiger partial charge in [0.25, 0.3) is 0 Å². The second-order valence-electron chi connectivity index (χ2n) is 7.85. The molecule has 0 spiro atoms. The number of halogens is 2. The molecule has 1 fully saturated rings. The average Bonchev–Trinajstić information content (AvgIpc) is 2.72. The van der Waals surface area contributed by atoms with Gasteiger partial charge in [-0.15, -0.1) is 0 Å². The lowest BCUT2D eigenvalue weighted by Crippen LogP contribution is -2.13. The number of unbranched alkanes of at least 4 members (excludes halogenated alkanes) is 3. The predicted molar refractivity (Wildman–Crippen MR) is 110 cm³/mol. The normalized spacial score (nSPS) is 20.2. The Kier molecular flexibility index (Phi) is 7.62. The van der Waals surface area contributed by atoms with E-state index in [4.69, 9.17) is 0 Å². The van der Waals surface area contributed by atoms with Crippen molar-refractivity contribution in [1.29, 1.82) is 0 Å². The van der Waals surface area contributed by atoms with Gasteiger partial charge in [-0.1, -0.05) is 61.7 Å². The van der Waals surface area contributed by atoms with Crippen molar-refractivity contribution >= 4 is 0 Å². The van der Waals surface area contributed by atoms with Crippen LogP contribution in [-0.4, -0.2) is 0 Å². The molecule has 1 aliphatic carbocycles. The molecule has 2 aromatic carbocycles. The Hall–Kier alpha value is -1.96. The Morgan fingerprint density at radius 2 is 1.41 bits per heavy atom. The molecule has 1 saturated carbocycles. The van der Waals surface area contributed by atoms with Crippen LogP contribution in [0.5, 0.6) is 0 Å². The van der Waals surface area contributed by atoms with Gasteiger partial charge in [0.1, 0.15) is 5.82 Å². The molecule has 0 N–H and O–H groups in total. The topological polar surface area (TPSA) is 0 Å². The van der Waals surface area contributed by atoms with Gasteiger partial charge < -0.3 is 0 Å². The van der Waals surface area contributed by atoms with Crippen molar-refractivity contribution < 1.29 is 8.78 Å². The maximum Gasteiger partial charge on any atom is 0.123 e. The Bertz CT molecular complexity index is 692. The van der Waals surface area contributed by atoms with E-state index in [-0.39, 0.29) is 5.82 Å². The summed E-state index contributed by atoms with van der Waals surface area (Å²) in [4.78, 5) is 0. The van der Waals surface area contributed by atoms with Gasteiger partial charge in [0.2, 0.25) is 0 Å². The first-order valence-corrected chi connectivity index (χ1v) is 10.4. The molecule has 0 radical (unpaired) electrons. The highest BCUT2D eigenvalue weighted by Crippen LogP contribution is 2.38. The second-order valence-corrected chi connectivity index (χ2v) is 7.85. The van der Waals surface area contributed by atoms with Crippen LogP contribution >= 0.6 is 0 Å². The van der Waals surface area contributed by atoms with Crippen LogP contribution in [0.15, 0.2) is 60.9 Å². The summed E-state index contributed by atoms with van der Waals surface area (Å²) in [6.45, 7) is 0. The zero-order valence-corrected chi connectivity index (χ0v) is 16.0. The van der Waals surface area contributed by atoms with E-state index in [2.05, 4.69) is 24.3 Å². The van der Waals surface area contributed by atoms with E-state index in [0.717, 1.165) is 29.9 Å². The molecule has 27 heavy (non-hydrogen) atoms. The molecule has 0 atom stereocenters. The minimum absolute atomic E-state index is 0.191. The molecule has 3 rings (SSSR count). The van der Waals surface area contributed by atoms with Gasteiger partial charge in [-0.05, 0) is 79.2 Å². The first-order valence-electron chi connectivity index (χ1n) is 10.4. The average molecular weight is 369 g/mol. The fraction of sp³-hybridized carbons (Fsp3) is 0.440. The molecule has 0 heterocycles. The molecule has 144 valence electrons. The third-order valence-corrected chi connectivity index (χ3v) is 5.98. The minimum atomic E-state index is -0.191. The van der Waals surface area contributed by atoms with Crippen LogP contribution < -0.4 is 0 Å². The van der Waals surface area contributed by atoms with Crippen molar-refractivity contribution in [3.63, 3.8) is 0 Å². The number of rotatable bonds is 8. The molecule has 2 heteroatoms. The van der Waals surface area contributed by atoms with Gasteiger partial charge in [0, 0.05) is 0 Å². The lowest BCUT2D eigenvalue weighted by atomic mass is 9.77. The molecular weight excluding hydrogens is 338 g/mol. The summed E-state index contributed by atoms with van der Waals surface area (Å²) in [7, 11) is 0. The standard InChI is InChI=1S/C25H30F2/c26-19-5-3-1-2-4-6-20-7-9-21(10-8-20)22-11-13-23(14-12-22)24-15-17-25(27)18-16-24/h5,11-21H,1-4,6-10H2/t20-,21-. The van der Waals surface area contributed by atoms with E-state index >= 15 is 0 Å². The molecule has 0 amide bonds.